The lowest BCUT2D eigenvalue weighted by atomic mass is 10.2. The molecule has 0 amide bonds. The largest absolute Gasteiger partial charge is 0.383 e. The Morgan fingerprint density at radius 1 is 1.67 bits per heavy atom. The number of hydrogen-bond donors (Lipinski definition) is 0. The van der Waals surface area contributed by atoms with E-state index in [9.17, 15) is 8.78 Å². The maximum atomic E-state index is 12.1. The van der Waals surface area contributed by atoms with Crippen molar-refractivity contribution in [2.75, 3.05) is 27.3 Å². The van der Waals surface area contributed by atoms with E-state index in [1.807, 2.05) is 11.9 Å². The molecule has 1 unspecified atom stereocenters. The minimum absolute atomic E-state index is 0.117. The highest BCUT2D eigenvalue weighted by molar-refractivity contribution is 5.12. The molecule has 1 aliphatic rings. The molecule has 0 N–H and O–H groups in total. The lowest BCUT2D eigenvalue weighted by Crippen LogP contribution is -2.28. The number of ether oxygens (including phenoxy) is 1. The van der Waals surface area contributed by atoms with Crippen molar-refractivity contribution in [1.29, 1.82) is 0 Å². The summed E-state index contributed by atoms with van der Waals surface area (Å²) in [5, 5.41) is 0. The molecule has 1 rings (SSSR count). The number of halogens is 2. The maximum Gasteiger partial charge on any atom is 0.270 e. The highest BCUT2D eigenvalue weighted by Gasteiger charge is 2.27. The van der Waals surface area contributed by atoms with E-state index in [1.165, 1.54) is 0 Å². The Kier molecular flexibility index (Phi) is 3.17. The van der Waals surface area contributed by atoms with E-state index in [2.05, 4.69) is 0 Å². The number of nitrogens with zero attached hydrogens (tertiary/aromatic N) is 1. The molecule has 0 spiro atoms. The summed E-state index contributed by atoms with van der Waals surface area (Å²) in [5.41, 5.74) is 0.250. The second kappa shape index (κ2) is 3.96. The summed E-state index contributed by atoms with van der Waals surface area (Å²) in [7, 11) is 3.42. The van der Waals surface area contributed by atoms with Gasteiger partial charge in [-0.2, -0.15) is 8.78 Å². The van der Waals surface area contributed by atoms with Gasteiger partial charge in [0.05, 0.1) is 6.61 Å². The molecular weight excluding hydrogens is 164 g/mol. The van der Waals surface area contributed by atoms with Crippen molar-refractivity contribution in [2.45, 2.75) is 12.5 Å². The highest BCUT2D eigenvalue weighted by atomic mass is 19.3. The molecule has 0 radical (unpaired) electrons. The summed E-state index contributed by atoms with van der Waals surface area (Å²) in [5.74, 6) is 0. The van der Waals surface area contributed by atoms with Crippen molar-refractivity contribution < 1.29 is 13.5 Å². The third kappa shape index (κ3) is 2.01. The predicted octanol–water partition coefficient (Wildman–Crippen LogP) is 1.49. The number of hydrogen-bond acceptors (Lipinski definition) is 2. The first-order valence-corrected chi connectivity index (χ1v) is 3.87. The maximum absolute atomic E-state index is 12.1. The van der Waals surface area contributed by atoms with Gasteiger partial charge in [-0.05, 0) is 13.5 Å². The van der Waals surface area contributed by atoms with Gasteiger partial charge in [0.1, 0.15) is 0 Å². The Bertz CT molecular complexity index is 189. The van der Waals surface area contributed by atoms with E-state index in [4.69, 9.17) is 4.74 Å². The fourth-order valence-electron chi connectivity index (χ4n) is 1.45. The van der Waals surface area contributed by atoms with E-state index in [0.29, 0.717) is 19.6 Å². The quantitative estimate of drug-likeness (QED) is 0.633. The third-order valence-corrected chi connectivity index (χ3v) is 2.17. The molecule has 4 heteroatoms. The number of likely N-dealkylation sites (N-methyl/N-ethyl adjacent to an activating group) is 1. The smallest absolute Gasteiger partial charge is 0.270 e. The highest BCUT2D eigenvalue weighted by Crippen LogP contribution is 2.24. The molecule has 1 aliphatic heterocycles. The molecule has 1 heterocycles. The number of likely N-dealkylation sites (tertiary alicyclic amines) is 1. The second-order valence-corrected chi connectivity index (χ2v) is 3.09. The van der Waals surface area contributed by atoms with Crippen LogP contribution in [0.4, 0.5) is 8.78 Å². The summed E-state index contributed by atoms with van der Waals surface area (Å²) in [6.45, 7) is 0.893. The Morgan fingerprint density at radius 2 is 2.33 bits per heavy atom. The lowest BCUT2D eigenvalue weighted by Gasteiger charge is -2.16. The van der Waals surface area contributed by atoms with E-state index in [1.54, 1.807) is 7.11 Å². The zero-order valence-electron chi connectivity index (χ0n) is 7.31. The Labute approximate surface area is 70.8 Å². The van der Waals surface area contributed by atoms with Crippen molar-refractivity contribution in [1.82, 2.24) is 4.90 Å². The molecule has 0 saturated carbocycles. The average molecular weight is 177 g/mol. The lowest BCUT2D eigenvalue weighted by molar-refractivity contribution is 0.129. The summed E-state index contributed by atoms with van der Waals surface area (Å²) >= 11 is 0. The van der Waals surface area contributed by atoms with Crippen molar-refractivity contribution in [3.05, 3.63) is 11.7 Å². The normalized spacial score (nSPS) is 25.0. The van der Waals surface area contributed by atoms with Crippen LogP contribution in [0.2, 0.25) is 0 Å². The van der Waals surface area contributed by atoms with Crippen LogP contribution in [-0.4, -0.2) is 38.3 Å². The van der Waals surface area contributed by atoms with Crippen LogP contribution < -0.4 is 0 Å². The van der Waals surface area contributed by atoms with Crippen LogP contribution >= 0.6 is 0 Å². The summed E-state index contributed by atoms with van der Waals surface area (Å²) in [6, 6.07) is 0.117. The van der Waals surface area contributed by atoms with Crippen molar-refractivity contribution >= 4 is 0 Å². The molecule has 0 bridgehead atoms. The molecule has 1 atom stereocenters. The molecule has 0 aromatic rings. The van der Waals surface area contributed by atoms with Gasteiger partial charge >= 0.3 is 0 Å². The SMILES string of the molecule is COCC1CC(=C(F)F)CN1C. The van der Waals surface area contributed by atoms with Gasteiger partial charge in [-0.3, -0.25) is 4.90 Å². The van der Waals surface area contributed by atoms with Gasteiger partial charge in [-0.15, -0.1) is 0 Å². The first kappa shape index (κ1) is 9.61. The minimum Gasteiger partial charge on any atom is -0.383 e. The molecule has 1 saturated heterocycles. The van der Waals surface area contributed by atoms with E-state index in [0.717, 1.165) is 0 Å². The number of methoxy groups -OCH3 is 1. The third-order valence-electron chi connectivity index (χ3n) is 2.17. The van der Waals surface area contributed by atoms with Crippen molar-refractivity contribution in [3.63, 3.8) is 0 Å². The molecule has 0 aromatic carbocycles. The zero-order chi connectivity index (χ0) is 9.14. The molecule has 70 valence electrons. The van der Waals surface area contributed by atoms with Crippen LogP contribution in [0.15, 0.2) is 11.7 Å². The van der Waals surface area contributed by atoms with Gasteiger partial charge in [0.25, 0.3) is 6.08 Å². The molecule has 0 aromatic heterocycles. The van der Waals surface area contributed by atoms with Crippen LogP contribution in [0, 0.1) is 0 Å². The Morgan fingerprint density at radius 3 is 2.75 bits per heavy atom. The Balaban J connectivity index is 2.56. The van der Waals surface area contributed by atoms with E-state index < -0.39 is 6.08 Å². The monoisotopic (exact) mass is 177 g/mol. The first-order chi connectivity index (χ1) is 5.65. The van der Waals surface area contributed by atoms with Gasteiger partial charge in [0, 0.05) is 25.3 Å². The van der Waals surface area contributed by atoms with E-state index in [-0.39, 0.29) is 11.6 Å². The van der Waals surface area contributed by atoms with Gasteiger partial charge in [0.2, 0.25) is 0 Å². The van der Waals surface area contributed by atoms with Crippen LogP contribution in [0.1, 0.15) is 6.42 Å². The molecule has 12 heavy (non-hydrogen) atoms. The van der Waals surface area contributed by atoms with Gasteiger partial charge < -0.3 is 4.74 Å². The topological polar surface area (TPSA) is 12.5 Å². The Hall–Kier alpha value is -0.480. The van der Waals surface area contributed by atoms with Crippen LogP contribution in [0.25, 0.3) is 0 Å². The second-order valence-electron chi connectivity index (χ2n) is 3.09. The van der Waals surface area contributed by atoms with Gasteiger partial charge in [-0.1, -0.05) is 0 Å². The summed E-state index contributed by atoms with van der Waals surface area (Å²) < 4.78 is 29.2. The molecule has 1 fully saturated rings. The zero-order valence-corrected chi connectivity index (χ0v) is 7.31. The van der Waals surface area contributed by atoms with Crippen molar-refractivity contribution in [2.24, 2.45) is 0 Å². The van der Waals surface area contributed by atoms with Crippen LogP contribution in [0.3, 0.4) is 0 Å². The number of rotatable bonds is 2. The molecule has 2 nitrogen and oxygen atoms in total. The summed E-state index contributed by atoms with van der Waals surface area (Å²) in [6.07, 6.45) is -1.09. The first-order valence-electron chi connectivity index (χ1n) is 3.87. The van der Waals surface area contributed by atoms with Crippen molar-refractivity contribution in [3.8, 4) is 0 Å². The predicted molar refractivity (Wildman–Crippen MR) is 42.2 cm³/mol. The molecular formula is C8H13F2NO. The van der Waals surface area contributed by atoms with Crippen LogP contribution in [-0.2, 0) is 4.74 Å². The minimum atomic E-state index is -1.53. The van der Waals surface area contributed by atoms with Gasteiger partial charge in [-0.25, -0.2) is 0 Å². The van der Waals surface area contributed by atoms with E-state index >= 15 is 0 Å². The fourth-order valence-corrected chi connectivity index (χ4v) is 1.45. The summed E-state index contributed by atoms with van der Waals surface area (Å²) in [4.78, 5) is 1.89. The fraction of sp³-hybridized carbons (Fsp3) is 0.750. The average Bonchev–Trinajstić information content (AvgIpc) is 2.34. The van der Waals surface area contributed by atoms with Gasteiger partial charge in [0.15, 0.2) is 0 Å². The standard InChI is InChI=1S/C8H13F2NO/c1-11-4-6(8(9)10)3-7(11)5-12-2/h7H,3-5H2,1-2H3. The molecule has 0 aliphatic carbocycles. The van der Waals surface area contributed by atoms with Crippen LogP contribution in [0.5, 0.6) is 0 Å².